The van der Waals surface area contributed by atoms with Crippen LogP contribution in [0, 0.1) is 6.92 Å². The van der Waals surface area contributed by atoms with Gasteiger partial charge in [0.1, 0.15) is 4.90 Å². The third kappa shape index (κ3) is 3.15. The lowest BCUT2D eigenvalue weighted by atomic mass is 10.3. The average Bonchev–Trinajstić information content (AvgIpc) is 2.27. The summed E-state index contributed by atoms with van der Waals surface area (Å²) in [5, 5.41) is 0.385. The molecular weight excluding hydrogens is 286 g/mol. The van der Waals surface area contributed by atoms with E-state index < -0.39 is 10.0 Å². The van der Waals surface area contributed by atoms with Gasteiger partial charge in [-0.3, -0.25) is 9.71 Å². The molecule has 100 valence electrons. The van der Waals surface area contributed by atoms with Crippen LogP contribution >= 0.6 is 11.6 Å². The SMILES string of the molecule is Cc1cc(NS(=O)(=O)c2ccc(Cl)cc2N)ccn1. The molecule has 2 rings (SSSR count). The Kier molecular flexibility index (Phi) is 3.64. The first-order valence-corrected chi connectivity index (χ1v) is 7.25. The number of nitrogen functional groups attached to an aromatic ring is 1. The van der Waals surface area contributed by atoms with E-state index in [2.05, 4.69) is 9.71 Å². The van der Waals surface area contributed by atoms with E-state index in [0.717, 1.165) is 0 Å². The third-order valence-corrected chi connectivity index (χ3v) is 4.10. The van der Waals surface area contributed by atoms with Crippen molar-refractivity contribution in [3.63, 3.8) is 0 Å². The van der Waals surface area contributed by atoms with Gasteiger partial charge < -0.3 is 5.73 Å². The molecule has 0 atom stereocenters. The second-order valence-corrected chi connectivity index (χ2v) is 6.06. The molecule has 2 aromatic rings. The lowest BCUT2D eigenvalue weighted by molar-refractivity contribution is 0.601. The molecule has 0 spiro atoms. The normalized spacial score (nSPS) is 11.3. The van der Waals surface area contributed by atoms with Gasteiger partial charge in [0.05, 0.1) is 11.4 Å². The minimum Gasteiger partial charge on any atom is -0.398 e. The molecule has 0 radical (unpaired) electrons. The molecule has 1 aromatic heterocycles. The maximum absolute atomic E-state index is 12.2. The Labute approximate surface area is 116 Å². The number of nitrogens with one attached hydrogen (secondary N) is 1. The molecule has 3 N–H and O–H groups in total. The van der Waals surface area contributed by atoms with Crippen LogP contribution in [-0.4, -0.2) is 13.4 Å². The summed E-state index contributed by atoms with van der Waals surface area (Å²) in [4.78, 5) is 3.99. The number of pyridine rings is 1. The zero-order valence-corrected chi connectivity index (χ0v) is 11.7. The molecule has 7 heteroatoms. The van der Waals surface area contributed by atoms with Crippen LogP contribution in [0.25, 0.3) is 0 Å². The van der Waals surface area contributed by atoms with Crippen molar-refractivity contribution >= 4 is 33.0 Å². The Hall–Kier alpha value is -1.79. The van der Waals surface area contributed by atoms with Crippen LogP contribution in [0.3, 0.4) is 0 Å². The molecule has 0 amide bonds. The molecule has 0 unspecified atom stereocenters. The van der Waals surface area contributed by atoms with Gasteiger partial charge in [-0.2, -0.15) is 0 Å². The maximum Gasteiger partial charge on any atom is 0.263 e. The highest BCUT2D eigenvalue weighted by molar-refractivity contribution is 7.92. The fourth-order valence-electron chi connectivity index (χ4n) is 1.58. The van der Waals surface area contributed by atoms with E-state index in [1.54, 1.807) is 19.1 Å². The van der Waals surface area contributed by atoms with Gasteiger partial charge in [0.15, 0.2) is 0 Å². The number of aryl methyl sites for hydroxylation is 1. The smallest absolute Gasteiger partial charge is 0.263 e. The predicted molar refractivity (Wildman–Crippen MR) is 75.6 cm³/mol. The summed E-state index contributed by atoms with van der Waals surface area (Å²) in [6.45, 7) is 1.77. The second-order valence-electron chi connectivity index (χ2n) is 3.97. The summed E-state index contributed by atoms with van der Waals surface area (Å²) in [5.74, 6) is 0. The Balaban J connectivity index is 2.38. The minimum atomic E-state index is -3.74. The van der Waals surface area contributed by atoms with Gasteiger partial charge in [-0.15, -0.1) is 0 Å². The van der Waals surface area contributed by atoms with E-state index in [4.69, 9.17) is 17.3 Å². The number of sulfonamides is 1. The Morgan fingerprint density at radius 2 is 2.00 bits per heavy atom. The molecule has 0 saturated heterocycles. The highest BCUT2D eigenvalue weighted by atomic mass is 35.5. The molecule has 19 heavy (non-hydrogen) atoms. The fourth-order valence-corrected chi connectivity index (χ4v) is 2.93. The van der Waals surface area contributed by atoms with Crippen molar-refractivity contribution in [1.29, 1.82) is 0 Å². The molecular formula is C12H12ClN3O2S. The van der Waals surface area contributed by atoms with Crippen molar-refractivity contribution < 1.29 is 8.42 Å². The topological polar surface area (TPSA) is 85.1 Å². The summed E-state index contributed by atoms with van der Waals surface area (Å²) in [5.41, 5.74) is 6.92. The first-order chi connectivity index (χ1) is 8.88. The van der Waals surface area contributed by atoms with Crippen molar-refractivity contribution in [2.24, 2.45) is 0 Å². The number of halogens is 1. The highest BCUT2D eigenvalue weighted by Gasteiger charge is 2.17. The second kappa shape index (κ2) is 5.07. The molecule has 0 fully saturated rings. The van der Waals surface area contributed by atoms with Crippen LogP contribution in [0.1, 0.15) is 5.69 Å². The summed E-state index contributed by atoms with van der Waals surface area (Å²) in [6, 6.07) is 7.44. The lowest BCUT2D eigenvalue weighted by Crippen LogP contribution is -2.14. The number of rotatable bonds is 3. The number of hydrogen-bond acceptors (Lipinski definition) is 4. The summed E-state index contributed by atoms with van der Waals surface area (Å²) >= 11 is 5.74. The van der Waals surface area contributed by atoms with E-state index in [1.165, 1.54) is 24.4 Å². The van der Waals surface area contributed by atoms with Crippen LogP contribution in [0.15, 0.2) is 41.4 Å². The molecule has 0 saturated carbocycles. The number of benzene rings is 1. The number of nitrogens with zero attached hydrogens (tertiary/aromatic N) is 1. The average molecular weight is 298 g/mol. The monoisotopic (exact) mass is 297 g/mol. The lowest BCUT2D eigenvalue weighted by Gasteiger charge is -2.10. The first-order valence-electron chi connectivity index (χ1n) is 5.39. The molecule has 0 aliphatic carbocycles. The third-order valence-electron chi connectivity index (χ3n) is 2.41. The molecule has 1 heterocycles. The van der Waals surface area contributed by atoms with Crippen molar-refractivity contribution in [1.82, 2.24) is 4.98 Å². The highest BCUT2D eigenvalue weighted by Crippen LogP contribution is 2.24. The van der Waals surface area contributed by atoms with Crippen molar-refractivity contribution in [2.45, 2.75) is 11.8 Å². The standard InChI is InChI=1S/C12H12ClN3O2S/c1-8-6-10(4-5-15-8)16-19(17,18)12-3-2-9(13)7-11(12)14/h2-7H,14H2,1H3,(H,15,16). The van der Waals surface area contributed by atoms with E-state index in [9.17, 15) is 8.42 Å². The number of anilines is 2. The van der Waals surface area contributed by atoms with E-state index >= 15 is 0 Å². The molecule has 0 bridgehead atoms. The van der Waals surface area contributed by atoms with Gasteiger partial charge >= 0.3 is 0 Å². The van der Waals surface area contributed by atoms with Crippen LogP contribution < -0.4 is 10.5 Å². The zero-order chi connectivity index (χ0) is 14.0. The van der Waals surface area contributed by atoms with Gasteiger partial charge in [0.2, 0.25) is 0 Å². The fraction of sp³-hybridized carbons (Fsp3) is 0.0833. The zero-order valence-electron chi connectivity index (χ0n) is 10.1. The van der Waals surface area contributed by atoms with Gasteiger partial charge in [-0.1, -0.05) is 11.6 Å². The summed E-state index contributed by atoms with van der Waals surface area (Å²) < 4.78 is 26.8. The minimum absolute atomic E-state index is 0.00800. The van der Waals surface area contributed by atoms with E-state index in [1.807, 2.05) is 0 Å². The first kappa shape index (κ1) is 13.6. The van der Waals surface area contributed by atoms with E-state index in [0.29, 0.717) is 16.4 Å². The van der Waals surface area contributed by atoms with Crippen molar-refractivity contribution in [3.8, 4) is 0 Å². The van der Waals surface area contributed by atoms with Gasteiger partial charge in [0.25, 0.3) is 10.0 Å². The van der Waals surface area contributed by atoms with Crippen LogP contribution in [0.2, 0.25) is 5.02 Å². The van der Waals surface area contributed by atoms with Crippen LogP contribution in [0.5, 0.6) is 0 Å². The van der Waals surface area contributed by atoms with Crippen LogP contribution in [-0.2, 0) is 10.0 Å². The number of aromatic nitrogens is 1. The molecule has 0 aliphatic heterocycles. The maximum atomic E-state index is 12.2. The van der Waals surface area contributed by atoms with E-state index in [-0.39, 0.29) is 10.6 Å². The largest absolute Gasteiger partial charge is 0.398 e. The summed E-state index contributed by atoms with van der Waals surface area (Å²) in [7, 11) is -3.74. The summed E-state index contributed by atoms with van der Waals surface area (Å²) in [6.07, 6.45) is 1.53. The molecule has 0 aliphatic rings. The Morgan fingerprint density at radius 3 is 2.63 bits per heavy atom. The Morgan fingerprint density at radius 1 is 1.26 bits per heavy atom. The predicted octanol–water partition coefficient (Wildman–Crippen LogP) is 2.43. The quantitative estimate of drug-likeness (QED) is 0.852. The number of nitrogens with two attached hydrogens (primary N) is 1. The molecule has 5 nitrogen and oxygen atoms in total. The molecule has 1 aromatic carbocycles. The van der Waals surface area contributed by atoms with Gasteiger partial charge in [-0.05, 0) is 37.3 Å². The van der Waals surface area contributed by atoms with Gasteiger partial charge in [0, 0.05) is 16.9 Å². The van der Waals surface area contributed by atoms with Crippen molar-refractivity contribution in [2.75, 3.05) is 10.5 Å². The van der Waals surface area contributed by atoms with Crippen molar-refractivity contribution in [3.05, 3.63) is 47.2 Å². The number of hydrogen-bond donors (Lipinski definition) is 2. The Bertz CT molecular complexity index is 717. The van der Waals surface area contributed by atoms with Crippen LogP contribution in [0.4, 0.5) is 11.4 Å². The van der Waals surface area contributed by atoms with Gasteiger partial charge in [-0.25, -0.2) is 8.42 Å².